The molecule has 0 saturated heterocycles. The summed E-state index contributed by atoms with van der Waals surface area (Å²) >= 11 is 5.96. The van der Waals surface area contributed by atoms with Gasteiger partial charge in [0.25, 0.3) is 0 Å². The maximum absolute atomic E-state index is 13.6. The third kappa shape index (κ3) is 1.84. The lowest BCUT2D eigenvalue weighted by Gasteiger charge is -2.22. The molecule has 0 radical (unpaired) electrons. The standard InChI is InChI=1S/C12H10ClFO4/c1-18-11-8(14)4-7-5(9(11)13)2-3-6(10(7)15)12(16)17/h4,6H,2-3H2,1H3,(H,16,17). The zero-order chi connectivity index (χ0) is 13.4. The smallest absolute Gasteiger partial charge is 0.314 e. The first-order chi connectivity index (χ1) is 8.47. The molecule has 4 nitrogen and oxygen atoms in total. The van der Waals surface area contributed by atoms with E-state index in [9.17, 15) is 14.0 Å². The molecule has 1 unspecified atom stereocenters. The van der Waals surface area contributed by atoms with Crippen molar-refractivity contribution < 1.29 is 23.8 Å². The Hall–Kier alpha value is -1.62. The second-order valence-corrected chi connectivity index (χ2v) is 4.40. The predicted molar refractivity (Wildman–Crippen MR) is 61.7 cm³/mol. The van der Waals surface area contributed by atoms with E-state index in [1.807, 2.05) is 0 Å². The molecule has 18 heavy (non-hydrogen) atoms. The van der Waals surface area contributed by atoms with Gasteiger partial charge >= 0.3 is 5.97 Å². The van der Waals surface area contributed by atoms with Gasteiger partial charge in [0.15, 0.2) is 17.3 Å². The van der Waals surface area contributed by atoms with E-state index in [0.29, 0.717) is 12.0 Å². The van der Waals surface area contributed by atoms with Crippen LogP contribution in [0.4, 0.5) is 4.39 Å². The van der Waals surface area contributed by atoms with Gasteiger partial charge in [-0.3, -0.25) is 9.59 Å². The first kappa shape index (κ1) is 12.8. The van der Waals surface area contributed by atoms with Gasteiger partial charge in [-0.15, -0.1) is 0 Å². The number of fused-ring (bicyclic) bond motifs is 1. The molecule has 1 N–H and O–H groups in total. The van der Waals surface area contributed by atoms with Crippen LogP contribution in [-0.2, 0) is 11.2 Å². The fourth-order valence-electron chi connectivity index (χ4n) is 2.13. The third-order valence-electron chi connectivity index (χ3n) is 3.04. The van der Waals surface area contributed by atoms with Crippen LogP contribution in [0.5, 0.6) is 5.75 Å². The fourth-order valence-corrected chi connectivity index (χ4v) is 2.50. The number of carboxylic acid groups (broad SMARTS) is 1. The molecule has 0 spiro atoms. The van der Waals surface area contributed by atoms with Crippen LogP contribution in [0.1, 0.15) is 22.3 Å². The van der Waals surface area contributed by atoms with Crippen molar-refractivity contribution in [1.82, 2.24) is 0 Å². The highest BCUT2D eigenvalue weighted by Crippen LogP contribution is 2.38. The largest absolute Gasteiger partial charge is 0.492 e. The number of carbonyl (C=O) groups excluding carboxylic acids is 1. The van der Waals surface area contributed by atoms with E-state index in [1.165, 1.54) is 7.11 Å². The molecule has 96 valence electrons. The summed E-state index contributed by atoms with van der Waals surface area (Å²) < 4.78 is 18.4. The summed E-state index contributed by atoms with van der Waals surface area (Å²) in [4.78, 5) is 22.8. The molecule has 1 atom stereocenters. The molecule has 2 rings (SSSR count). The van der Waals surface area contributed by atoms with Crippen LogP contribution in [0, 0.1) is 11.7 Å². The SMILES string of the molecule is COc1c(F)cc2c(c1Cl)CCC(C(=O)O)C2=O. The zero-order valence-corrected chi connectivity index (χ0v) is 10.3. The van der Waals surface area contributed by atoms with Gasteiger partial charge in [0.05, 0.1) is 12.1 Å². The number of Topliss-reactive ketones (excluding diaryl/α,β-unsaturated/α-hetero) is 1. The molecule has 0 aliphatic heterocycles. The summed E-state index contributed by atoms with van der Waals surface area (Å²) in [5, 5.41) is 8.95. The van der Waals surface area contributed by atoms with Crippen molar-refractivity contribution >= 4 is 23.4 Å². The highest BCUT2D eigenvalue weighted by molar-refractivity contribution is 6.33. The Balaban J connectivity index is 2.57. The summed E-state index contributed by atoms with van der Waals surface area (Å²) in [6.07, 6.45) is 0.475. The molecule has 0 fully saturated rings. The average Bonchev–Trinajstić information content (AvgIpc) is 2.30. The van der Waals surface area contributed by atoms with Crippen molar-refractivity contribution in [3.8, 4) is 5.75 Å². The van der Waals surface area contributed by atoms with Crippen LogP contribution in [0.25, 0.3) is 0 Å². The van der Waals surface area contributed by atoms with Gasteiger partial charge < -0.3 is 9.84 Å². The number of carbonyl (C=O) groups is 2. The number of ether oxygens (including phenoxy) is 1. The quantitative estimate of drug-likeness (QED) is 0.839. The highest BCUT2D eigenvalue weighted by atomic mass is 35.5. The van der Waals surface area contributed by atoms with E-state index in [1.54, 1.807) is 0 Å². The molecule has 0 heterocycles. The minimum Gasteiger partial charge on any atom is -0.492 e. The molecular formula is C12H10ClFO4. The van der Waals surface area contributed by atoms with Crippen molar-refractivity contribution in [2.75, 3.05) is 7.11 Å². The van der Waals surface area contributed by atoms with Crippen LogP contribution in [0.3, 0.4) is 0 Å². The number of aliphatic carboxylic acids is 1. The van der Waals surface area contributed by atoms with Gasteiger partial charge in [-0.25, -0.2) is 4.39 Å². The van der Waals surface area contributed by atoms with Gasteiger partial charge in [0, 0.05) is 5.56 Å². The Morgan fingerprint density at radius 3 is 2.83 bits per heavy atom. The van der Waals surface area contributed by atoms with Gasteiger partial charge in [0.1, 0.15) is 5.92 Å². The second-order valence-electron chi connectivity index (χ2n) is 4.03. The Bertz CT molecular complexity index is 541. The Labute approximate surface area is 107 Å². The Morgan fingerprint density at radius 2 is 2.28 bits per heavy atom. The number of ketones is 1. The van der Waals surface area contributed by atoms with E-state index in [-0.39, 0.29) is 22.8 Å². The Kier molecular flexibility index (Phi) is 3.26. The van der Waals surface area contributed by atoms with E-state index >= 15 is 0 Å². The lowest BCUT2D eigenvalue weighted by molar-refractivity contribution is -0.140. The van der Waals surface area contributed by atoms with Crippen molar-refractivity contribution in [2.24, 2.45) is 5.92 Å². The third-order valence-corrected chi connectivity index (χ3v) is 3.44. The van der Waals surface area contributed by atoms with Gasteiger partial charge in [-0.1, -0.05) is 11.6 Å². The molecular weight excluding hydrogens is 263 g/mol. The minimum absolute atomic E-state index is 0.0388. The summed E-state index contributed by atoms with van der Waals surface area (Å²) in [6.45, 7) is 0. The second kappa shape index (κ2) is 4.57. The number of hydrogen-bond acceptors (Lipinski definition) is 3. The van der Waals surface area contributed by atoms with E-state index in [0.717, 1.165) is 6.07 Å². The molecule has 1 aliphatic rings. The lowest BCUT2D eigenvalue weighted by atomic mass is 9.82. The van der Waals surface area contributed by atoms with Crippen molar-refractivity contribution in [1.29, 1.82) is 0 Å². The van der Waals surface area contributed by atoms with E-state index in [2.05, 4.69) is 0 Å². The number of carboxylic acids is 1. The topological polar surface area (TPSA) is 63.6 Å². The monoisotopic (exact) mass is 272 g/mol. The fraction of sp³-hybridized carbons (Fsp3) is 0.333. The normalized spacial score (nSPS) is 18.4. The van der Waals surface area contributed by atoms with E-state index < -0.39 is 23.5 Å². The predicted octanol–water partition coefficient (Wildman–Crippen LogP) is 2.32. The van der Waals surface area contributed by atoms with Crippen LogP contribution >= 0.6 is 11.6 Å². The number of benzene rings is 1. The number of rotatable bonds is 2. The molecule has 0 bridgehead atoms. The summed E-state index contributed by atoms with van der Waals surface area (Å²) in [7, 11) is 1.28. The molecule has 0 saturated carbocycles. The van der Waals surface area contributed by atoms with Crippen molar-refractivity contribution in [3.63, 3.8) is 0 Å². The van der Waals surface area contributed by atoms with Gasteiger partial charge in [-0.05, 0) is 24.5 Å². The highest BCUT2D eigenvalue weighted by Gasteiger charge is 2.35. The first-order valence-corrected chi connectivity index (χ1v) is 5.67. The van der Waals surface area contributed by atoms with Crippen LogP contribution in [0.15, 0.2) is 6.07 Å². The summed E-state index contributed by atoms with van der Waals surface area (Å²) in [6, 6.07) is 0.997. The van der Waals surface area contributed by atoms with Crippen molar-refractivity contribution in [2.45, 2.75) is 12.8 Å². The van der Waals surface area contributed by atoms with Crippen LogP contribution in [-0.4, -0.2) is 24.0 Å². The summed E-state index contributed by atoms with van der Waals surface area (Å²) in [5.41, 5.74) is 0.495. The lowest BCUT2D eigenvalue weighted by Crippen LogP contribution is -2.29. The molecule has 1 aromatic rings. The molecule has 1 aliphatic carbocycles. The molecule has 1 aromatic carbocycles. The maximum atomic E-state index is 13.6. The number of halogens is 2. The van der Waals surface area contributed by atoms with Crippen LogP contribution in [0.2, 0.25) is 5.02 Å². The Morgan fingerprint density at radius 1 is 1.61 bits per heavy atom. The molecule has 0 amide bonds. The van der Waals surface area contributed by atoms with Crippen LogP contribution < -0.4 is 4.74 Å². The summed E-state index contributed by atoms with van der Waals surface area (Å²) in [5.74, 6) is -3.80. The molecule has 6 heteroatoms. The number of hydrogen-bond donors (Lipinski definition) is 1. The van der Waals surface area contributed by atoms with Crippen molar-refractivity contribution in [3.05, 3.63) is 28.0 Å². The molecule has 0 aromatic heterocycles. The maximum Gasteiger partial charge on any atom is 0.314 e. The first-order valence-electron chi connectivity index (χ1n) is 5.29. The zero-order valence-electron chi connectivity index (χ0n) is 9.50. The van der Waals surface area contributed by atoms with Gasteiger partial charge in [-0.2, -0.15) is 0 Å². The van der Waals surface area contributed by atoms with E-state index in [4.69, 9.17) is 21.4 Å². The number of methoxy groups -OCH3 is 1. The van der Waals surface area contributed by atoms with Gasteiger partial charge in [0.2, 0.25) is 0 Å². The minimum atomic E-state index is -1.20. The average molecular weight is 273 g/mol.